The van der Waals surface area contributed by atoms with Crippen molar-refractivity contribution in [3.63, 3.8) is 0 Å². The Kier molecular flexibility index (Phi) is 7.96. The Bertz CT molecular complexity index is 1350. The molecule has 8 nitrogen and oxygen atoms in total. The second-order valence-corrected chi connectivity index (χ2v) is 13.3. The molecule has 0 bridgehead atoms. The van der Waals surface area contributed by atoms with E-state index in [4.69, 9.17) is 9.47 Å². The lowest BCUT2D eigenvalue weighted by Crippen LogP contribution is -2.58. The molecule has 0 aliphatic carbocycles. The third-order valence-corrected chi connectivity index (χ3v) is 8.46. The molecule has 0 spiro atoms. The fourth-order valence-electron chi connectivity index (χ4n) is 5.00. The number of carbonyl (C=O) groups is 2. The summed E-state index contributed by atoms with van der Waals surface area (Å²) >= 11 is 0. The first-order chi connectivity index (χ1) is 17.9. The number of nitrogens with one attached hydrogen (secondary N) is 1. The number of alkyl carbamates (subject to hydrolysis) is 1. The first kappa shape index (κ1) is 27.8. The molecule has 202 valence electrons. The van der Waals surface area contributed by atoms with Gasteiger partial charge in [-0.25, -0.2) is 13.2 Å². The van der Waals surface area contributed by atoms with Crippen LogP contribution in [-0.2, 0) is 42.0 Å². The molecule has 2 heterocycles. The number of Topliss-reactive ketones (excluding diaryl/α,β-unsaturated/α-hetero) is 1. The maximum absolute atomic E-state index is 13.4. The fourth-order valence-corrected chi connectivity index (χ4v) is 6.60. The SMILES string of the molecule is CC(C)(C)OC(=O)NC1(C(=O)C[C@H](C#N)Cc2ccc(-c3ccc4c(c3)CS(=O)(=O)C4)cc2)CCOCC1. The number of hydrogen-bond donors (Lipinski definition) is 1. The van der Waals surface area contributed by atoms with E-state index >= 15 is 0 Å². The minimum Gasteiger partial charge on any atom is -0.444 e. The van der Waals surface area contributed by atoms with Crippen molar-refractivity contribution in [2.24, 2.45) is 5.92 Å². The lowest BCUT2D eigenvalue weighted by Gasteiger charge is -2.37. The predicted molar refractivity (Wildman–Crippen MR) is 143 cm³/mol. The molecule has 0 aromatic heterocycles. The van der Waals surface area contributed by atoms with E-state index in [1.165, 1.54) is 0 Å². The third-order valence-electron chi connectivity index (χ3n) is 6.96. The highest BCUT2D eigenvalue weighted by Gasteiger charge is 2.42. The van der Waals surface area contributed by atoms with E-state index in [1.54, 1.807) is 20.8 Å². The number of ketones is 1. The maximum atomic E-state index is 13.4. The number of ether oxygens (including phenoxy) is 2. The number of carbonyl (C=O) groups excluding carboxylic acids is 2. The molecule has 2 aromatic carbocycles. The van der Waals surface area contributed by atoms with Crippen LogP contribution >= 0.6 is 0 Å². The van der Waals surface area contributed by atoms with Gasteiger partial charge < -0.3 is 14.8 Å². The zero-order valence-corrected chi connectivity index (χ0v) is 22.9. The number of sulfone groups is 1. The summed E-state index contributed by atoms with van der Waals surface area (Å²) in [6, 6.07) is 15.7. The van der Waals surface area contributed by atoms with Crippen molar-refractivity contribution < 1.29 is 27.5 Å². The van der Waals surface area contributed by atoms with E-state index in [2.05, 4.69) is 11.4 Å². The van der Waals surface area contributed by atoms with E-state index < -0.39 is 33.0 Å². The number of amides is 1. The number of benzene rings is 2. The molecule has 1 fully saturated rings. The summed E-state index contributed by atoms with van der Waals surface area (Å²) in [6.45, 7) is 5.97. The van der Waals surface area contributed by atoms with Crippen LogP contribution in [0.15, 0.2) is 42.5 Å². The van der Waals surface area contributed by atoms with Gasteiger partial charge in [0.2, 0.25) is 0 Å². The summed E-state index contributed by atoms with van der Waals surface area (Å²) in [5, 5.41) is 12.6. The molecular weight excluding hydrogens is 504 g/mol. The van der Waals surface area contributed by atoms with Gasteiger partial charge in [-0.15, -0.1) is 0 Å². The normalized spacial score (nSPS) is 18.6. The molecule has 1 atom stereocenters. The summed E-state index contributed by atoms with van der Waals surface area (Å²) in [7, 11) is -3.06. The van der Waals surface area contributed by atoms with Gasteiger partial charge in [0.05, 0.1) is 23.5 Å². The molecule has 0 radical (unpaired) electrons. The number of fused-ring (bicyclic) bond motifs is 1. The van der Waals surface area contributed by atoms with Crippen molar-refractivity contribution in [2.45, 2.75) is 69.1 Å². The minimum absolute atomic E-state index is 0.00729. The van der Waals surface area contributed by atoms with Gasteiger partial charge in [-0.2, -0.15) is 5.26 Å². The van der Waals surface area contributed by atoms with Crippen LogP contribution in [0, 0.1) is 17.2 Å². The predicted octanol–water partition coefficient (Wildman–Crippen LogP) is 4.50. The highest BCUT2D eigenvalue weighted by molar-refractivity contribution is 7.90. The first-order valence-corrected chi connectivity index (χ1v) is 14.6. The molecule has 2 aromatic rings. The van der Waals surface area contributed by atoms with Crippen LogP contribution in [0.4, 0.5) is 4.79 Å². The van der Waals surface area contributed by atoms with E-state index in [1.807, 2.05) is 42.5 Å². The summed E-state index contributed by atoms with van der Waals surface area (Å²) in [4.78, 5) is 25.9. The van der Waals surface area contributed by atoms with Crippen LogP contribution < -0.4 is 5.32 Å². The lowest BCUT2D eigenvalue weighted by molar-refractivity contribution is -0.130. The van der Waals surface area contributed by atoms with Crippen LogP contribution in [0.5, 0.6) is 0 Å². The minimum atomic E-state index is -3.06. The number of nitriles is 1. The van der Waals surface area contributed by atoms with E-state index in [0.29, 0.717) is 32.5 Å². The molecule has 2 aliphatic rings. The average molecular weight is 539 g/mol. The summed E-state index contributed by atoms with van der Waals surface area (Å²) in [5.41, 5.74) is 2.70. The van der Waals surface area contributed by atoms with Gasteiger partial charge in [-0.05, 0) is 61.1 Å². The van der Waals surface area contributed by atoms with Crippen molar-refractivity contribution in [1.82, 2.24) is 5.32 Å². The maximum Gasteiger partial charge on any atom is 0.408 e. The number of rotatable bonds is 7. The Labute approximate surface area is 224 Å². The molecule has 4 rings (SSSR count). The smallest absolute Gasteiger partial charge is 0.408 e. The van der Waals surface area contributed by atoms with Crippen molar-refractivity contribution in [1.29, 1.82) is 5.26 Å². The summed E-state index contributed by atoms with van der Waals surface area (Å²) in [5.74, 6) is -0.582. The van der Waals surface area contributed by atoms with Crippen LogP contribution in [0.25, 0.3) is 11.1 Å². The van der Waals surface area contributed by atoms with Crippen LogP contribution in [0.1, 0.15) is 56.7 Å². The van der Waals surface area contributed by atoms with Crippen LogP contribution in [0.3, 0.4) is 0 Å². The highest BCUT2D eigenvalue weighted by atomic mass is 32.2. The lowest BCUT2D eigenvalue weighted by atomic mass is 9.80. The molecule has 1 N–H and O–H groups in total. The van der Waals surface area contributed by atoms with Gasteiger partial charge in [0.1, 0.15) is 11.1 Å². The van der Waals surface area contributed by atoms with Gasteiger partial charge in [0, 0.05) is 32.5 Å². The largest absolute Gasteiger partial charge is 0.444 e. The van der Waals surface area contributed by atoms with Gasteiger partial charge in [-0.3, -0.25) is 4.79 Å². The Morgan fingerprint density at radius 2 is 1.68 bits per heavy atom. The molecule has 0 unspecified atom stereocenters. The Hall–Kier alpha value is -3.22. The van der Waals surface area contributed by atoms with E-state index in [-0.39, 0.29) is 23.7 Å². The molecular formula is C29H34N2O6S. The van der Waals surface area contributed by atoms with Crippen molar-refractivity contribution in [3.8, 4) is 17.2 Å². The quantitative estimate of drug-likeness (QED) is 0.551. The third kappa shape index (κ3) is 6.80. The summed E-state index contributed by atoms with van der Waals surface area (Å²) in [6.07, 6.45) is 0.415. The van der Waals surface area contributed by atoms with Crippen molar-refractivity contribution >= 4 is 21.7 Å². The average Bonchev–Trinajstić information content (AvgIpc) is 3.16. The Morgan fingerprint density at radius 3 is 2.32 bits per heavy atom. The van der Waals surface area contributed by atoms with E-state index in [9.17, 15) is 23.3 Å². The van der Waals surface area contributed by atoms with Crippen molar-refractivity contribution in [3.05, 3.63) is 59.2 Å². The van der Waals surface area contributed by atoms with Crippen LogP contribution in [0.2, 0.25) is 0 Å². The zero-order valence-electron chi connectivity index (χ0n) is 22.1. The second kappa shape index (κ2) is 10.9. The fraction of sp³-hybridized carbons (Fsp3) is 0.483. The Morgan fingerprint density at radius 1 is 1.05 bits per heavy atom. The molecule has 9 heteroatoms. The molecule has 1 amide bonds. The van der Waals surface area contributed by atoms with Gasteiger partial charge >= 0.3 is 6.09 Å². The highest BCUT2D eigenvalue weighted by Crippen LogP contribution is 2.31. The molecule has 2 aliphatic heterocycles. The number of nitrogens with zero attached hydrogens (tertiary/aromatic N) is 1. The molecule has 1 saturated heterocycles. The van der Waals surface area contributed by atoms with Crippen molar-refractivity contribution in [2.75, 3.05) is 13.2 Å². The Balaban J connectivity index is 1.42. The first-order valence-electron chi connectivity index (χ1n) is 12.8. The van der Waals surface area contributed by atoms with Gasteiger partial charge in [0.25, 0.3) is 0 Å². The van der Waals surface area contributed by atoms with Gasteiger partial charge in [-0.1, -0.05) is 36.4 Å². The topological polar surface area (TPSA) is 123 Å². The molecule has 0 saturated carbocycles. The summed E-state index contributed by atoms with van der Waals surface area (Å²) < 4.78 is 34.7. The van der Waals surface area contributed by atoms with Gasteiger partial charge in [0.15, 0.2) is 15.6 Å². The zero-order chi connectivity index (χ0) is 27.6. The second-order valence-electron chi connectivity index (χ2n) is 11.2. The molecule has 38 heavy (non-hydrogen) atoms. The number of hydrogen-bond acceptors (Lipinski definition) is 7. The monoisotopic (exact) mass is 538 g/mol. The van der Waals surface area contributed by atoms with Crippen LogP contribution in [-0.4, -0.2) is 44.6 Å². The standard InChI is InChI=1S/C29H34N2O6S/c1-28(2,3)37-27(33)31-29(10-12-36-13-11-29)26(32)15-21(17-30)14-20-4-6-22(7-5-20)23-8-9-24-18-38(34,35)19-25(24)16-23/h4-9,16,21H,10-15,18-19H2,1-3H3,(H,31,33)/t21-/m1/s1. The van der Waals surface area contributed by atoms with E-state index in [0.717, 1.165) is 27.8 Å².